The zero-order chi connectivity index (χ0) is 13.4. The highest BCUT2D eigenvalue weighted by Gasteiger charge is 2.23. The Bertz CT molecular complexity index is 625. The third-order valence-corrected chi connectivity index (χ3v) is 4.64. The number of nitrogens with zero attached hydrogens (tertiary/aromatic N) is 1. The van der Waals surface area contributed by atoms with Crippen LogP contribution >= 0.6 is 15.9 Å². The number of pyridine rings is 1. The van der Waals surface area contributed by atoms with Crippen LogP contribution < -0.4 is 11.1 Å². The van der Waals surface area contributed by atoms with Gasteiger partial charge in [-0.05, 0) is 70.6 Å². The average Bonchev–Trinajstić information content (AvgIpc) is 2.77. The van der Waals surface area contributed by atoms with Crippen LogP contribution in [0.15, 0.2) is 34.9 Å². The van der Waals surface area contributed by atoms with E-state index < -0.39 is 0 Å². The largest absolute Gasteiger partial charge is 0.399 e. The maximum Gasteiger partial charge on any atom is 0.141 e. The molecular formula is C15H16BrN3. The van der Waals surface area contributed by atoms with E-state index in [4.69, 9.17) is 5.73 Å². The first-order valence-electron chi connectivity index (χ1n) is 6.41. The maximum absolute atomic E-state index is 5.83. The van der Waals surface area contributed by atoms with Gasteiger partial charge in [-0.2, -0.15) is 0 Å². The quantitative estimate of drug-likeness (QED) is 0.827. The summed E-state index contributed by atoms with van der Waals surface area (Å²) in [6.45, 7) is 2.07. The molecular weight excluding hydrogens is 302 g/mol. The van der Waals surface area contributed by atoms with Gasteiger partial charge in [0.2, 0.25) is 0 Å². The fourth-order valence-electron chi connectivity index (χ4n) is 2.59. The molecule has 0 bridgehead atoms. The van der Waals surface area contributed by atoms with Crippen LogP contribution in [0.2, 0.25) is 0 Å². The molecule has 4 heteroatoms. The minimum absolute atomic E-state index is 0.321. The van der Waals surface area contributed by atoms with Crippen molar-refractivity contribution in [3.63, 3.8) is 0 Å². The van der Waals surface area contributed by atoms with Gasteiger partial charge >= 0.3 is 0 Å². The molecule has 0 spiro atoms. The Balaban J connectivity index is 1.89. The third-order valence-electron chi connectivity index (χ3n) is 3.64. The molecule has 0 saturated carbocycles. The summed E-state index contributed by atoms with van der Waals surface area (Å²) in [5.41, 5.74) is 10.5. The Morgan fingerprint density at radius 2 is 2.21 bits per heavy atom. The zero-order valence-electron chi connectivity index (χ0n) is 10.8. The SMILES string of the molecule is Cc1ccnc(NC2CCc3cc(N)ccc32)c1Br. The smallest absolute Gasteiger partial charge is 0.141 e. The molecule has 1 aliphatic rings. The monoisotopic (exact) mass is 317 g/mol. The molecule has 3 rings (SSSR count). The number of benzene rings is 1. The molecule has 0 radical (unpaired) electrons. The van der Waals surface area contributed by atoms with E-state index in [9.17, 15) is 0 Å². The number of anilines is 2. The highest BCUT2D eigenvalue weighted by Crippen LogP contribution is 2.36. The molecule has 0 saturated heterocycles. The van der Waals surface area contributed by atoms with Gasteiger partial charge in [-0.15, -0.1) is 0 Å². The Morgan fingerprint density at radius 3 is 3.05 bits per heavy atom. The first-order valence-corrected chi connectivity index (χ1v) is 7.20. The molecule has 1 atom stereocenters. The summed E-state index contributed by atoms with van der Waals surface area (Å²) in [4.78, 5) is 4.41. The van der Waals surface area contributed by atoms with Gasteiger partial charge in [0.05, 0.1) is 10.5 Å². The van der Waals surface area contributed by atoms with Gasteiger partial charge in [0.15, 0.2) is 0 Å². The number of nitrogens with one attached hydrogen (secondary N) is 1. The molecule has 1 heterocycles. The lowest BCUT2D eigenvalue weighted by Crippen LogP contribution is -2.09. The second kappa shape index (κ2) is 4.85. The van der Waals surface area contributed by atoms with Crippen LogP contribution in [-0.4, -0.2) is 4.98 Å². The van der Waals surface area contributed by atoms with Crippen LogP contribution in [0.25, 0.3) is 0 Å². The minimum atomic E-state index is 0.321. The van der Waals surface area contributed by atoms with Crippen LogP contribution in [0.3, 0.4) is 0 Å². The predicted molar refractivity (Wildman–Crippen MR) is 82.2 cm³/mol. The lowest BCUT2D eigenvalue weighted by molar-refractivity contribution is 0.756. The summed E-state index contributed by atoms with van der Waals surface area (Å²) in [7, 11) is 0. The molecule has 0 aliphatic heterocycles. The lowest BCUT2D eigenvalue weighted by Gasteiger charge is -2.16. The van der Waals surface area contributed by atoms with Crippen molar-refractivity contribution in [2.75, 3.05) is 11.1 Å². The number of nitrogens with two attached hydrogens (primary N) is 1. The Kier molecular flexibility index (Phi) is 3.19. The maximum atomic E-state index is 5.83. The topological polar surface area (TPSA) is 50.9 Å². The van der Waals surface area contributed by atoms with E-state index in [1.165, 1.54) is 16.7 Å². The molecule has 3 nitrogen and oxygen atoms in total. The standard InChI is InChI=1S/C15H16BrN3/c1-9-6-7-18-15(14(9)16)19-13-5-2-10-8-11(17)3-4-12(10)13/h3-4,6-8,13H,2,5,17H2,1H3,(H,18,19). The summed E-state index contributed by atoms with van der Waals surface area (Å²) in [5.74, 6) is 0.912. The van der Waals surface area contributed by atoms with Crippen molar-refractivity contribution in [2.45, 2.75) is 25.8 Å². The van der Waals surface area contributed by atoms with Crippen molar-refractivity contribution in [2.24, 2.45) is 0 Å². The summed E-state index contributed by atoms with van der Waals surface area (Å²) >= 11 is 3.59. The number of fused-ring (bicyclic) bond motifs is 1. The van der Waals surface area contributed by atoms with E-state index in [0.717, 1.165) is 28.8 Å². The van der Waals surface area contributed by atoms with Crippen molar-refractivity contribution in [3.8, 4) is 0 Å². The van der Waals surface area contributed by atoms with Gasteiger partial charge in [0.1, 0.15) is 5.82 Å². The third kappa shape index (κ3) is 2.32. The van der Waals surface area contributed by atoms with E-state index in [2.05, 4.69) is 45.3 Å². The van der Waals surface area contributed by atoms with Gasteiger partial charge in [-0.25, -0.2) is 4.98 Å². The predicted octanol–water partition coefficient (Wildman–Crippen LogP) is 3.83. The highest BCUT2D eigenvalue weighted by molar-refractivity contribution is 9.10. The first kappa shape index (κ1) is 12.5. The summed E-state index contributed by atoms with van der Waals surface area (Å²) < 4.78 is 1.04. The molecule has 19 heavy (non-hydrogen) atoms. The fraction of sp³-hybridized carbons (Fsp3) is 0.267. The Labute approximate surface area is 121 Å². The van der Waals surface area contributed by atoms with Crippen LogP contribution in [0.1, 0.15) is 29.2 Å². The number of aryl methyl sites for hydroxylation is 2. The highest BCUT2D eigenvalue weighted by atomic mass is 79.9. The van der Waals surface area contributed by atoms with Gasteiger partial charge in [0, 0.05) is 11.9 Å². The van der Waals surface area contributed by atoms with Gasteiger partial charge in [-0.1, -0.05) is 6.07 Å². The number of aromatic nitrogens is 1. The lowest BCUT2D eigenvalue weighted by atomic mass is 10.1. The van der Waals surface area contributed by atoms with E-state index in [0.29, 0.717) is 6.04 Å². The van der Waals surface area contributed by atoms with E-state index >= 15 is 0 Å². The Hall–Kier alpha value is -1.55. The van der Waals surface area contributed by atoms with E-state index in [-0.39, 0.29) is 0 Å². The van der Waals surface area contributed by atoms with Gasteiger partial charge in [0.25, 0.3) is 0 Å². The molecule has 0 amide bonds. The van der Waals surface area contributed by atoms with Crippen LogP contribution in [0, 0.1) is 6.92 Å². The normalized spacial score (nSPS) is 17.3. The number of hydrogen-bond donors (Lipinski definition) is 2. The van der Waals surface area contributed by atoms with Crippen molar-refractivity contribution in [1.82, 2.24) is 4.98 Å². The Morgan fingerprint density at radius 1 is 1.37 bits per heavy atom. The van der Waals surface area contributed by atoms with Crippen molar-refractivity contribution in [1.29, 1.82) is 0 Å². The van der Waals surface area contributed by atoms with Crippen LogP contribution in [-0.2, 0) is 6.42 Å². The number of nitrogen functional groups attached to an aromatic ring is 1. The molecule has 1 aliphatic carbocycles. The molecule has 3 N–H and O–H groups in total. The number of halogens is 1. The molecule has 1 aromatic heterocycles. The van der Waals surface area contributed by atoms with Crippen LogP contribution in [0.5, 0.6) is 0 Å². The minimum Gasteiger partial charge on any atom is -0.399 e. The molecule has 1 unspecified atom stereocenters. The van der Waals surface area contributed by atoms with E-state index in [1.54, 1.807) is 0 Å². The summed E-state index contributed by atoms with van der Waals surface area (Å²) in [5, 5.41) is 3.53. The zero-order valence-corrected chi connectivity index (χ0v) is 12.4. The van der Waals surface area contributed by atoms with Crippen molar-refractivity contribution < 1.29 is 0 Å². The second-order valence-electron chi connectivity index (χ2n) is 4.98. The molecule has 0 fully saturated rings. The average molecular weight is 318 g/mol. The molecule has 2 aromatic rings. The fourth-order valence-corrected chi connectivity index (χ4v) is 2.94. The molecule has 98 valence electrons. The van der Waals surface area contributed by atoms with Crippen molar-refractivity contribution in [3.05, 3.63) is 51.6 Å². The van der Waals surface area contributed by atoms with Crippen LogP contribution in [0.4, 0.5) is 11.5 Å². The molecule has 1 aromatic carbocycles. The van der Waals surface area contributed by atoms with Gasteiger partial charge < -0.3 is 11.1 Å². The second-order valence-corrected chi connectivity index (χ2v) is 5.78. The summed E-state index contributed by atoms with van der Waals surface area (Å²) in [6.07, 6.45) is 3.99. The number of rotatable bonds is 2. The van der Waals surface area contributed by atoms with Crippen molar-refractivity contribution >= 4 is 27.4 Å². The summed E-state index contributed by atoms with van der Waals surface area (Å²) in [6, 6.07) is 8.49. The van der Waals surface area contributed by atoms with Gasteiger partial charge in [-0.3, -0.25) is 0 Å². The van der Waals surface area contributed by atoms with E-state index in [1.807, 2.05) is 18.3 Å². The number of hydrogen-bond acceptors (Lipinski definition) is 3. The first-order chi connectivity index (χ1) is 9.15.